The van der Waals surface area contributed by atoms with Gasteiger partial charge in [-0.2, -0.15) is 4.31 Å². The van der Waals surface area contributed by atoms with Crippen LogP contribution in [0.2, 0.25) is 0 Å². The molecule has 2 aromatic carbocycles. The van der Waals surface area contributed by atoms with Gasteiger partial charge in [0.15, 0.2) is 5.82 Å². The fourth-order valence-electron chi connectivity index (χ4n) is 3.90. The summed E-state index contributed by atoms with van der Waals surface area (Å²) in [4.78, 5) is 17.4. The van der Waals surface area contributed by atoms with Crippen LogP contribution in [0, 0.1) is 5.92 Å². The zero-order valence-corrected chi connectivity index (χ0v) is 21.1. The molecule has 2 heterocycles. The first kappa shape index (κ1) is 25.2. The van der Waals surface area contributed by atoms with E-state index in [1.807, 2.05) is 37.3 Å². The van der Waals surface area contributed by atoms with Crippen molar-refractivity contribution in [1.82, 2.24) is 24.8 Å². The highest BCUT2D eigenvalue weighted by molar-refractivity contribution is 7.99. The molecular weight excluding hydrogens is 486 g/mol. The molecule has 0 spiro atoms. The van der Waals surface area contributed by atoms with Gasteiger partial charge < -0.3 is 10.1 Å². The van der Waals surface area contributed by atoms with E-state index in [4.69, 9.17) is 4.74 Å². The van der Waals surface area contributed by atoms with Gasteiger partial charge in [-0.1, -0.05) is 42.1 Å². The number of hydrogen-bond acceptors (Lipinski definition) is 7. The van der Waals surface area contributed by atoms with Gasteiger partial charge in [-0.05, 0) is 44.0 Å². The Balaban J connectivity index is 1.26. The van der Waals surface area contributed by atoms with Gasteiger partial charge in [-0.15, -0.1) is 5.10 Å². The number of thioether (sulfide) groups is 1. The average molecular weight is 516 g/mol. The third-order valence-corrected chi connectivity index (χ3v) is 8.40. The lowest BCUT2D eigenvalue weighted by atomic mass is 9.99. The van der Waals surface area contributed by atoms with Crippen LogP contribution in [0.3, 0.4) is 0 Å². The van der Waals surface area contributed by atoms with Gasteiger partial charge in [0.2, 0.25) is 21.1 Å². The second kappa shape index (κ2) is 11.7. The largest absolute Gasteiger partial charge is 0.494 e. The molecule has 1 aromatic heterocycles. The van der Waals surface area contributed by atoms with E-state index in [1.54, 1.807) is 24.3 Å². The number of ether oxygens (including phenoxy) is 1. The minimum Gasteiger partial charge on any atom is -0.494 e. The van der Waals surface area contributed by atoms with Gasteiger partial charge in [-0.3, -0.25) is 9.89 Å². The number of amides is 1. The number of H-pyrrole nitrogens is 1. The van der Waals surface area contributed by atoms with E-state index >= 15 is 0 Å². The van der Waals surface area contributed by atoms with Crippen molar-refractivity contribution in [2.75, 3.05) is 32.0 Å². The normalized spacial score (nSPS) is 16.7. The molecule has 186 valence electrons. The molecule has 0 unspecified atom stereocenters. The highest BCUT2D eigenvalue weighted by atomic mass is 32.2. The number of nitrogens with one attached hydrogen (secondary N) is 2. The second-order valence-corrected chi connectivity index (χ2v) is 11.1. The van der Waals surface area contributed by atoms with Crippen molar-refractivity contribution in [1.29, 1.82) is 0 Å². The summed E-state index contributed by atoms with van der Waals surface area (Å²) in [6.45, 7) is 3.42. The molecule has 0 radical (unpaired) electrons. The Morgan fingerprint density at radius 3 is 2.71 bits per heavy atom. The zero-order valence-electron chi connectivity index (χ0n) is 19.5. The zero-order chi connectivity index (χ0) is 24.7. The van der Waals surface area contributed by atoms with E-state index in [0.29, 0.717) is 55.0 Å². The third-order valence-electron chi connectivity index (χ3n) is 5.67. The highest BCUT2D eigenvalue weighted by Gasteiger charge is 2.33. The van der Waals surface area contributed by atoms with Gasteiger partial charge >= 0.3 is 0 Å². The second-order valence-electron chi connectivity index (χ2n) is 8.08. The predicted molar refractivity (Wildman–Crippen MR) is 135 cm³/mol. The number of hydrogen-bond donors (Lipinski definition) is 2. The molecular formula is C24H29N5O4S2. The summed E-state index contributed by atoms with van der Waals surface area (Å²) in [7, 11) is -3.67. The summed E-state index contributed by atoms with van der Waals surface area (Å²) >= 11 is 1.45. The van der Waals surface area contributed by atoms with Crippen LogP contribution in [0.25, 0.3) is 11.4 Å². The van der Waals surface area contributed by atoms with Crippen molar-refractivity contribution >= 4 is 27.7 Å². The van der Waals surface area contributed by atoms with Crippen molar-refractivity contribution in [2.24, 2.45) is 5.92 Å². The van der Waals surface area contributed by atoms with Crippen LogP contribution < -0.4 is 10.1 Å². The molecule has 3 aromatic rings. The lowest BCUT2D eigenvalue weighted by Gasteiger charge is -2.31. The Bertz CT molecular complexity index is 1220. The molecule has 1 amide bonds. The van der Waals surface area contributed by atoms with E-state index in [-0.39, 0.29) is 23.3 Å². The first-order chi connectivity index (χ1) is 17.0. The minimum atomic E-state index is -3.67. The predicted octanol–water partition coefficient (Wildman–Crippen LogP) is 3.18. The summed E-state index contributed by atoms with van der Waals surface area (Å²) in [6, 6.07) is 16.1. The molecule has 1 fully saturated rings. The van der Waals surface area contributed by atoms with Crippen molar-refractivity contribution in [3.63, 3.8) is 0 Å². The van der Waals surface area contributed by atoms with Crippen molar-refractivity contribution < 1.29 is 17.9 Å². The van der Waals surface area contributed by atoms with E-state index < -0.39 is 10.0 Å². The Morgan fingerprint density at radius 1 is 1.20 bits per heavy atom. The molecule has 0 aliphatic carbocycles. The first-order valence-electron chi connectivity index (χ1n) is 11.6. The number of benzene rings is 2. The van der Waals surface area contributed by atoms with E-state index in [2.05, 4.69) is 20.5 Å². The maximum absolute atomic E-state index is 13.1. The molecule has 9 nitrogen and oxygen atoms in total. The Labute approximate surface area is 209 Å². The molecule has 0 saturated carbocycles. The number of aromatic amines is 1. The van der Waals surface area contributed by atoms with Gasteiger partial charge in [0, 0.05) is 31.0 Å². The fourth-order valence-corrected chi connectivity index (χ4v) is 6.07. The van der Waals surface area contributed by atoms with Crippen LogP contribution in [0.15, 0.2) is 64.6 Å². The molecule has 1 aliphatic heterocycles. The Hall–Kier alpha value is -2.89. The van der Waals surface area contributed by atoms with Crippen molar-refractivity contribution in [3.8, 4) is 17.1 Å². The van der Waals surface area contributed by atoms with E-state index in [0.717, 1.165) is 5.56 Å². The Kier molecular flexibility index (Phi) is 8.42. The first-order valence-corrected chi connectivity index (χ1v) is 14.0. The minimum absolute atomic E-state index is 0.128. The standard InChI is InChI=1S/C24H29N5O4S2/c1-2-33-20-10-12-21(13-11-20)35(31,32)29-15-6-9-19(17-29)23(30)25-14-16-34-24-26-22(27-28-24)18-7-4-3-5-8-18/h3-5,7-8,10-13,19H,2,6,9,14-17H2,1H3,(H,25,30)(H,26,27,28)/t19-/m0/s1. The summed E-state index contributed by atoms with van der Waals surface area (Å²) in [6.07, 6.45) is 1.30. The van der Waals surface area contributed by atoms with Crippen LogP contribution >= 0.6 is 11.8 Å². The lowest BCUT2D eigenvalue weighted by molar-refractivity contribution is -0.125. The summed E-state index contributed by atoms with van der Waals surface area (Å²) < 4.78 is 33.0. The molecule has 0 bridgehead atoms. The SMILES string of the molecule is CCOc1ccc(S(=O)(=O)N2CCC[C@H](C(=O)NCCSc3n[nH]c(-c4ccccc4)n3)C2)cc1. The Morgan fingerprint density at radius 2 is 1.97 bits per heavy atom. The van der Waals surface area contributed by atoms with Gasteiger partial charge in [0.05, 0.1) is 17.4 Å². The van der Waals surface area contributed by atoms with E-state index in [9.17, 15) is 13.2 Å². The molecule has 1 saturated heterocycles. The van der Waals surface area contributed by atoms with Gasteiger partial charge in [0.1, 0.15) is 5.75 Å². The number of rotatable bonds is 10. The van der Waals surface area contributed by atoms with E-state index in [1.165, 1.54) is 16.1 Å². The van der Waals surface area contributed by atoms with Crippen LogP contribution in [-0.2, 0) is 14.8 Å². The van der Waals surface area contributed by atoms with Gasteiger partial charge in [-0.25, -0.2) is 13.4 Å². The maximum atomic E-state index is 13.1. The number of carbonyl (C=O) groups is 1. The summed E-state index contributed by atoms with van der Waals surface area (Å²) in [5, 5.41) is 10.7. The number of nitrogens with zero attached hydrogens (tertiary/aromatic N) is 3. The third kappa shape index (κ3) is 6.41. The number of aromatic nitrogens is 3. The molecule has 4 rings (SSSR count). The topological polar surface area (TPSA) is 117 Å². The molecule has 1 atom stereocenters. The van der Waals surface area contributed by atoms with Crippen LogP contribution in [0.5, 0.6) is 5.75 Å². The maximum Gasteiger partial charge on any atom is 0.243 e. The van der Waals surface area contributed by atoms with Crippen LogP contribution in [-0.4, -0.2) is 65.8 Å². The molecule has 11 heteroatoms. The highest BCUT2D eigenvalue weighted by Crippen LogP contribution is 2.25. The number of piperidine rings is 1. The fraction of sp³-hybridized carbons (Fsp3) is 0.375. The van der Waals surface area contributed by atoms with Crippen LogP contribution in [0.1, 0.15) is 19.8 Å². The molecule has 35 heavy (non-hydrogen) atoms. The van der Waals surface area contributed by atoms with Crippen molar-refractivity contribution in [2.45, 2.75) is 29.8 Å². The summed E-state index contributed by atoms with van der Waals surface area (Å²) in [5.74, 6) is 1.44. The average Bonchev–Trinajstić information content (AvgIpc) is 3.37. The summed E-state index contributed by atoms with van der Waals surface area (Å²) in [5.41, 5.74) is 0.960. The quantitative estimate of drug-likeness (QED) is 0.315. The smallest absolute Gasteiger partial charge is 0.243 e. The van der Waals surface area contributed by atoms with Gasteiger partial charge in [0.25, 0.3) is 0 Å². The monoisotopic (exact) mass is 515 g/mol. The lowest BCUT2D eigenvalue weighted by Crippen LogP contribution is -2.45. The number of sulfonamides is 1. The van der Waals surface area contributed by atoms with Crippen molar-refractivity contribution in [3.05, 3.63) is 54.6 Å². The molecule has 2 N–H and O–H groups in total. The molecule has 1 aliphatic rings. The number of carbonyl (C=O) groups excluding carboxylic acids is 1. The van der Waals surface area contributed by atoms with Crippen LogP contribution in [0.4, 0.5) is 0 Å².